The Bertz CT molecular complexity index is 296. The van der Waals surface area contributed by atoms with Crippen LogP contribution in [-0.4, -0.2) is 22.6 Å². The second-order valence-corrected chi connectivity index (χ2v) is 3.45. The van der Waals surface area contributed by atoms with Crippen LogP contribution in [0.15, 0.2) is 0 Å². The number of nitrogens with zero attached hydrogens (tertiary/aromatic N) is 1. The second kappa shape index (κ2) is 3.64. The fourth-order valence-electron chi connectivity index (χ4n) is 0.881. The Morgan fingerprint density at radius 3 is 2.83 bits per heavy atom. The Balaban J connectivity index is 2.92. The monoisotopic (exact) mass is 186 g/mol. The van der Waals surface area contributed by atoms with Gasteiger partial charge in [0, 0.05) is 6.42 Å². The Labute approximate surface area is 74.0 Å². The van der Waals surface area contributed by atoms with Gasteiger partial charge in [-0.2, -0.15) is 0 Å². The van der Waals surface area contributed by atoms with Gasteiger partial charge in [0.1, 0.15) is 4.88 Å². The van der Waals surface area contributed by atoms with Crippen molar-refractivity contribution in [3.8, 4) is 0 Å². The van der Waals surface area contributed by atoms with Gasteiger partial charge in [-0.3, -0.25) is 0 Å². The molecule has 0 saturated carbocycles. The summed E-state index contributed by atoms with van der Waals surface area (Å²) in [7, 11) is 0. The molecule has 0 spiro atoms. The van der Waals surface area contributed by atoms with Crippen LogP contribution in [0.1, 0.15) is 20.4 Å². The van der Waals surface area contributed by atoms with E-state index < -0.39 is 5.97 Å². The fraction of sp³-hybridized carbons (Fsp3) is 0.429. The molecule has 0 saturated heterocycles. The number of carbonyl (C=O) groups is 1. The van der Waals surface area contributed by atoms with Gasteiger partial charge in [0.2, 0.25) is 0 Å². The van der Waals surface area contributed by atoms with Crippen molar-refractivity contribution in [1.82, 2.24) is 4.98 Å². The van der Waals surface area contributed by atoms with E-state index in [1.165, 1.54) is 11.3 Å². The van der Waals surface area contributed by atoms with Gasteiger partial charge in [-0.25, -0.2) is 9.78 Å². The Kier molecular flexibility index (Phi) is 2.78. The van der Waals surface area contributed by atoms with Gasteiger partial charge in [0.05, 0.1) is 10.7 Å². The molecular weight excluding hydrogens is 176 g/mol. The molecule has 0 bridgehead atoms. The standard InChI is InChI=1S/C7H10N2O2S/c1-4-6(7(10)11)12-5(9-4)2-3-8/h2-3,8H2,1H3,(H,10,11). The molecule has 4 nitrogen and oxygen atoms in total. The predicted molar refractivity (Wildman–Crippen MR) is 46.6 cm³/mol. The lowest BCUT2D eigenvalue weighted by atomic mass is 10.4. The molecule has 0 amide bonds. The van der Waals surface area contributed by atoms with Crippen LogP contribution in [-0.2, 0) is 6.42 Å². The summed E-state index contributed by atoms with van der Waals surface area (Å²) >= 11 is 1.20. The van der Waals surface area contributed by atoms with Crippen molar-refractivity contribution < 1.29 is 9.90 Å². The zero-order valence-corrected chi connectivity index (χ0v) is 7.52. The third-order valence-corrected chi connectivity index (χ3v) is 2.60. The van der Waals surface area contributed by atoms with Crippen molar-refractivity contribution in [3.63, 3.8) is 0 Å². The van der Waals surface area contributed by atoms with E-state index in [4.69, 9.17) is 10.8 Å². The number of carboxylic acid groups (broad SMARTS) is 1. The van der Waals surface area contributed by atoms with E-state index in [1.807, 2.05) is 0 Å². The van der Waals surface area contributed by atoms with Crippen molar-refractivity contribution in [1.29, 1.82) is 0 Å². The third kappa shape index (κ3) is 1.80. The third-order valence-electron chi connectivity index (χ3n) is 1.39. The van der Waals surface area contributed by atoms with Crippen LogP contribution in [0.2, 0.25) is 0 Å². The first-order valence-corrected chi connectivity index (χ1v) is 4.36. The Hall–Kier alpha value is -0.940. The predicted octanol–water partition coefficient (Wildman–Crippen LogP) is 0.651. The summed E-state index contributed by atoms with van der Waals surface area (Å²) in [5.41, 5.74) is 5.89. The summed E-state index contributed by atoms with van der Waals surface area (Å²) in [6.45, 7) is 2.20. The lowest BCUT2D eigenvalue weighted by Crippen LogP contribution is -2.01. The normalized spacial score (nSPS) is 10.2. The Morgan fingerprint density at radius 2 is 2.42 bits per heavy atom. The van der Waals surface area contributed by atoms with E-state index in [2.05, 4.69) is 4.98 Å². The molecule has 0 aliphatic heterocycles. The van der Waals surface area contributed by atoms with Crippen molar-refractivity contribution >= 4 is 17.3 Å². The number of aryl methyl sites for hydroxylation is 1. The molecule has 3 N–H and O–H groups in total. The lowest BCUT2D eigenvalue weighted by molar-refractivity contribution is 0.0701. The molecule has 0 atom stereocenters. The molecule has 66 valence electrons. The van der Waals surface area contributed by atoms with E-state index >= 15 is 0 Å². The van der Waals surface area contributed by atoms with Crippen molar-refractivity contribution in [2.24, 2.45) is 5.73 Å². The topological polar surface area (TPSA) is 76.2 Å². The molecule has 0 aromatic carbocycles. The first-order valence-electron chi connectivity index (χ1n) is 3.54. The zero-order chi connectivity index (χ0) is 9.14. The number of thiazole rings is 1. The average Bonchev–Trinajstić information content (AvgIpc) is 2.32. The number of aromatic nitrogens is 1. The van der Waals surface area contributed by atoms with Gasteiger partial charge in [-0.1, -0.05) is 0 Å². The van der Waals surface area contributed by atoms with Crippen LogP contribution in [0.3, 0.4) is 0 Å². The quantitative estimate of drug-likeness (QED) is 0.726. The minimum Gasteiger partial charge on any atom is -0.477 e. The van der Waals surface area contributed by atoms with Gasteiger partial charge < -0.3 is 10.8 Å². The maximum Gasteiger partial charge on any atom is 0.347 e. The molecule has 0 radical (unpaired) electrons. The molecule has 1 aromatic rings. The number of nitrogens with two attached hydrogens (primary N) is 1. The van der Waals surface area contributed by atoms with E-state index in [9.17, 15) is 4.79 Å². The molecule has 1 aromatic heterocycles. The molecule has 1 rings (SSSR count). The van der Waals surface area contributed by atoms with Crippen molar-refractivity contribution in [2.75, 3.05) is 6.54 Å². The molecule has 0 aliphatic carbocycles. The second-order valence-electron chi connectivity index (χ2n) is 2.37. The summed E-state index contributed by atoms with van der Waals surface area (Å²) in [6, 6.07) is 0. The van der Waals surface area contributed by atoms with Gasteiger partial charge >= 0.3 is 5.97 Å². The minimum absolute atomic E-state index is 0.318. The number of hydrogen-bond acceptors (Lipinski definition) is 4. The molecule has 0 aliphatic rings. The zero-order valence-electron chi connectivity index (χ0n) is 6.70. The largest absolute Gasteiger partial charge is 0.477 e. The Morgan fingerprint density at radius 1 is 1.75 bits per heavy atom. The molecule has 1 heterocycles. The first kappa shape index (κ1) is 9.15. The highest BCUT2D eigenvalue weighted by molar-refractivity contribution is 7.13. The van der Waals surface area contributed by atoms with E-state index in [-0.39, 0.29) is 0 Å². The van der Waals surface area contributed by atoms with E-state index in [0.717, 1.165) is 5.01 Å². The minimum atomic E-state index is -0.909. The smallest absolute Gasteiger partial charge is 0.347 e. The van der Waals surface area contributed by atoms with Crippen LogP contribution in [0.25, 0.3) is 0 Å². The SMILES string of the molecule is Cc1nc(CCN)sc1C(=O)O. The fourth-order valence-corrected chi connectivity index (χ4v) is 1.80. The maximum absolute atomic E-state index is 10.6. The summed E-state index contributed by atoms with van der Waals surface area (Å²) in [5.74, 6) is -0.909. The lowest BCUT2D eigenvalue weighted by Gasteiger charge is -1.86. The van der Waals surface area contributed by atoms with Crippen LogP contribution in [0, 0.1) is 6.92 Å². The summed E-state index contributed by atoms with van der Waals surface area (Å²) in [4.78, 5) is 15.0. The van der Waals surface area contributed by atoms with Gasteiger partial charge in [0.15, 0.2) is 0 Å². The molecular formula is C7H10N2O2S. The maximum atomic E-state index is 10.6. The number of aromatic carboxylic acids is 1. The van der Waals surface area contributed by atoms with Gasteiger partial charge in [-0.05, 0) is 13.5 Å². The highest BCUT2D eigenvalue weighted by Crippen LogP contribution is 2.17. The number of carboxylic acids is 1. The number of rotatable bonds is 3. The molecule has 5 heteroatoms. The summed E-state index contributed by atoms with van der Waals surface area (Å²) < 4.78 is 0. The van der Waals surface area contributed by atoms with Crippen molar-refractivity contribution in [3.05, 3.63) is 15.6 Å². The van der Waals surface area contributed by atoms with Crippen LogP contribution >= 0.6 is 11.3 Å². The molecule has 0 fully saturated rings. The van der Waals surface area contributed by atoms with E-state index in [1.54, 1.807) is 6.92 Å². The molecule has 0 unspecified atom stereocenters. The van der Waals surface area contributed by atoms with Crippen LogP contribution < -0.4 is 5.73 Å². The first-order chi connectivity index (χ1) is 5.65. The molecule has 12 heavy (non-hydrogen) atoms. The van der Waals surface area contributed by atoms with Crippen molar-refractivity contribution in [2.45, 2.75) is 13.3 Å². The highest BCUT2D eigenvalue weighted by atomic mass is 32.1. The summed E-state index contributed by atoms with van der Waals surface area (Å²) in [6.07, 6.45) is 0.652. The van der Waals surface area contributed by atoms with Gasteiger partial charge in [0.25, 0.3) is 0 Å². The van der Waals surface area contributed by atoms with Crippen LogP contribution in [0.4, 0.5) is 0 Å². The van der Waals surface area contributed by atoms with Crippen LogP contribution in [0.5, 0.6) is 0 Å². The number of hydrogen-bond donors (Lipinski definition) is 2. The van der Waals surface area contributed by atoms with Gasteiger partial charge in [-0.15, -0.1) is 11.3 Å². The highest BCUT2D eigenvalue weighted by Gasteiger charge is 2.12. The van der Waals surface area contributed by atoms with E-state index in [0.29, 0.717) is 23.5 Å². The summed E-state index contributed by atoms with van der Waals surface area (Å²) in [5, 5.41) is 9.48. The average molecular weight is 186 g/mol.